The van der Waals surface area contributed by atoms with Crippen LogP contribution in [-0.4, -0.2) is 39.6 Å². The van der Waals surface area contributed by atoms with Crippen LogP contribution in [0.15, 0.2) is 24.4 Å². The highest BCUT2D eigenvalue weighted by Gasteiger charge is 2.41. The molecule has 1 aromatic carbocycles. The standard InChI is InChI=1S/C18H16ClF4N5O/c1-29-13-4-2-3-11(20)15(13)10-5-9(10)7-24-12-8-25-28-14(6-18(21,22)23)26-27-17(28)16(12)19/h2-4,8-10,24H,5-7H2,1H3. The Morgan fingerprint density at radius 2 is 2.10 bits per heavy atom. The first-order chi connectivity index (χ1) is 13.8. The van der Waals surface area contributed by atoms with Crippen molar-refractivity contribution in [2.24, 2.45) is 5.92 Å². The predicted octanol–water partition coefficient (Wildman–Crippen LogP) is 4.25. The normalized spacial score (nSPS) is 18.8. The highest BCUT2D eigenvalue weighted by atomic mass is 35.5. The molecule has 3 aromatic rings. The van der Waals surface area contributed by atoms with Gasteiger partial charge in [-0.15, -0.1) is 10.2 Å². The highest BCUT2D eigenvalue weighted by molar-refractivity contribution is 6.36. The van der Waals surface area contributed by atoms with Crippen LogP contribution in [0.4, 0.5) is 23.2 Å². The van der Waals surface area contributed by atoms with Crippen LogP contribution in [0, 0.1) is 11.7 Å². The third-order valence-corrected chi connectivity index (χ3v) is 5.25. The van der Waals surface area contributed by atoms with Crippen molar-refractivity contribution in [1.29, 1.82) is 0 Å². The third-order valence-electron chi connectivity index (χ3n) is 4.88. The molecule has 11 heteroatoms. The third kappa shape index (κ3) is 3.93. The first-order valence-electron chi connectivity index (χ1n) is 8.80. The lowest BCUT2D eigenvalue weighted by Crippen LogP contribution is -2.15. The number of methoxy groups -OCH3 is 1. The maximum absolute atomic E-state index is 14.2. The van der Waals surface area contributed by atoms with E-state index in [2.05, 4.69) is 20.6 Å². The van der Waals surface area contributed by atoms with Gasteiger partial charge in [0.1, 0.15) is 23.0 Å². The minimum Gasteiger partial charge on any atom is -0.496 e. The van der Waals surface area contributed by atoms with Gasteiger partial charge in [-0.25, -0.2) is 4.39 Å². The van der Waals surface area contributed by atoms with Crippen molar-refractivity contribution in [2.45, 2.75) is 24.9 Å². The van der Waals surface area contributed by atoms with Gasteiger partial charge in [0, 0.05) is 12.1 Å². The molecule has 0 bridgehead atoms. The number of fused-ring (bicyclic) bond motifs is 1. The molecule has 1 N–H and O–H groups in total. The summed E-state index contributed by atoms with van der Waals surface area (Å²) in [6.45, 7) is 0.489. The Bertz CT molecular complexity index is 1050. The summed E-state index contributed by atoms with van der Waals surface area (Å²) in [4.78, 5) is 0. The molecule has 0 saturated heterocycles. The van der Waals surface area contributed by atoms with E-state index in [0.717, 1.165) is 10.9 Å². The lowest BCUT2D eigenvalue weighted by Gasteiger charge is -2.11. The van der Waals surface area contributed by atoms with Crippen molar-refractivity contribution >= 4 is 22.9 Å². The Labute approximate surface area is 167 Å². The molecular weight excluding hydrogens is 414 g/mol. The number of aromatic nitrogens is 4. The highest BCUT2D eigenvalue weighted by Crippen LogP contribution is 2.51. The zero-order valence-corrected chi connectivity index (χ0v) is 15.9. The van der Waals surface area contributed by atoms with Crippen molar-refractivity contribution in [1.82, 2.24) is 19.8 Å². The van der Waals surface area contributed by atoms with Crippen LogP contribution in [0.1, 0.15) is 23.7 Å². The first-order valence-corrected chi connectivity index (χ1v) is 9.18. The average molecular weight is 430 g/mol. The number of benzene rings is 1. The van der Waals surface area contributed by atoms with Crippen LogP contribution in [0.3, 0.4) is 0 Å². The summed E-state index contributed by atoms with van der Waals surface area (Å²) in [6.07, 6.45) is -3.57. The molecule has 0 radical (unpaired) electrons. The fraction of sp³-hybridized carbons (Fsp3) is 0.389. The summed E-state index contributed by atoms with van der Waals surface area (Å²) < 4.78 is 58.3. The van der Waals surface area contributed by atoms with Crippen LogP contribution < -0.4 is 10.1 Å². The fourth-order valence-electron chi connectivity index (χ4n) is 3.40. The van der Waals surface area contributed by atoms with Gasteiger partial charge >= 0.3 is 6.18 Å². The van der Waals surface area contributed by atoms with Gasteiger partial charge in [-0.3, -0.25) is 0 Å². The van der Waals surface area contributed by atoms with Crippen molar-refractivity contribution in [3.8, 4) is 5.75 Å². The van der Waals surface area contributed by atoms with E-state index in [9.17, 15) is 17.6 Å². The molecule has 29 heavy (non-hydrogen) atoms. The van der Waals surface area contributed by atoms with Gasteiger partial charge in [0.15, 0.2) is 11.5 Å². The fourth-order valence-corrected chi connectivity index (χ4v) is 3.63. The summed E-state index contributed by atoms with van der Waals surface area (Å²) in [5.74, 6) is 0.0418. The van der Waals surface area contributed by atoms with Crippen LogP contribution in [0.25, 0.3) is 5.65 Å². The van der Waals surface area contributed by atoms with Gasteiger partial charge in [-0.1, -0.05) is 17.7 Å². The number of ether oxygens (including phenoxy) is 1. The van der Waals surface area contributed by atoms with E-state index in [0.29, 0.717) is 23.5 Å². The second-order valence-corrected chi connectivity index (χ2v) is 7.23. The lowest BCUT2D eigenvalue weighted by atomic mass is 10.1. The Hall–Kier alpha value is -2.62. The monoisotopic (exact) mass is 429 g/mol. The van der Waals surface area contributed by atoms with Crippen molar-refractivity contribution in [2.75, 3.05) is 19.0 Å². The van der Waals surface area contributed by atoms with E-state index in [4.69, 9.17) is 16.3 Å². The Morgan fingerprint density at radius 1 is 1.31 bits per heavy atom. The molecule has 0 aliphatic heterocycles. The molecule has 1 aliphatic rings. The van der Waals surface area contributed by atoms with Crippen molar-refractivity contribution < 1.29 is 22.3 Å². The summed E-state index contributed by atoms with van der Waals surface area (Å²) in [6, 6.07) is 4.72. The van der Waals surface area contributed by atoms with E-state index >= 15 is 0 Å². The predicted molar refractivity (Wildman–Crippen MR) is 97.8 cm³/mol. The molecular formula is C18H16ClF4N5O. The van der Waals surface area contributed by atoms with Gasteiger partial charge in [0.2, 0.25) is 0 Å². The van der Waals surface area contributed by atoms with Crippen LogP contribution in [0.5, 0.6) is 5.75 Å². The summed E-state index contributed by atoms with van der Waals surface area (Å²) in [7, 11) is 1.50. The van der Waals surface area contributed by atoms with Crippen molar-refractivity contribution in [3.63, 3.8) is 0 Å². The number of hydrogen-bond donors (Lipinski definition) is 1. The van der Waals surface area contributed by atoms with E-state index in [1.807, 2.05) is 0 Å². The van der Waals surface area contributed by atoms with Gasteiger partial charge in [0.25, 0.3) is 0 Å². The number of anilines is 1. The van der Waals surface area contributed by atoms with Crippen LogP contribution >= 0.6 is 11.6 Å². The first kappa shape index (κ1) is 19.7. The second kappa shape index (κ2) is 7.33. The molecule has 0 spiro atoms. The van der Waals surface area contributed by atoms with Gasteiger partial charge in [-0.2, -0.15) is 22.8 Å². The average Bonchev–Trinajstić information content (AvgIpc) is 3.31. The smallest absolute Gasteiger partial charge is 0.396 e. The molecule has 2 heterocycles. The van der Waals surface area contributed by atoms with Crippen LogP contribution in [-0.2, 0) is 6.42 Å². The Morgan fingerprint density at radius 3 is 2.83 bits per heavy atom. The molecule has 6 nitrogen and oxygen atoms in total. The Balaban J connectivity index is 1.47. The van der Waals surface area contributed by atoms with Crippen LogP contribution in [0.2, 0.25) is 5.02 Å². The number of rotatable bonds is 6. The SMILES string of the molecule is COc1cccc(F)c1C1CC1CNc1cnn2c(CC(F)(F)F)nnc2c1Cl. The molecule has 2 aromatic heterocycles. The second-order valence-electron chi connectivity index (χ2n) is 6.85. The van der Waals surface area contributed by atoms with E-state index < -0.39 is 12.6 Å². The zero-order chi connectivity index (χ0) is 20.8. The minimum absolute atomic E-state index is 0.0144. The number of nitrogens with zero attached hydrogens (tertiary/aromatic N) is 4. The lowest BCUT2D eigenvalue weighted by molar-refractivity contribution is -0.128. The maximum atomic E-state index is 14.2. The quantitative estimate of drug-likeness (QED) is 0.594. The summed E-state index contributed by atoms with van der Waals surface area (Å²) in [5, 5.41) is 14.5. The molecule has 154 valence electrons. The molecule has 1 saturated carbocycles. The molecule has 1 aliphatic carbocycles. The summed E-state index contributed by atoms with van der Waals surface area (Å²) in [5.41, 5.74) is 1.02. The van der Waals surface area contributed by atoms with E-state index in [1.54, 1.807) is 12.1 Å². The zero-order valence-electron chi connectivity index (χ0n) is 15.2. The van der Waals surface area contributed by atoms with E-state index in [-0.39, 0.29) is 34.1 Å². The molecule has 4 rings (SSSR count). The number of halogens is 5. The number of nitrogens with one attached hydrogen (secondary N) is 1. The van der Waals surface area contributed by atoms with Gasteiger partial charge in [0.05, 0.1) is 19.0 Å². The summed E-state index contributed by atoms with van der Waals surface area (Å²) >= 11 is 6.27. The molecule has 2 unspecified atom stereocenters. The Kier molecular flexibility index (Phi) is 4.97. The number of hydrogen-bond acceptors (Lipinski definition) is 5. The van der Waals surface area contributed by atoms with Gasteiger partial charge < -0.3 is 10.1 Å². The topological polar surface area (TPSA) is 64.3 Å². The molecule has 1 fully saturated rings. The van der Waals surface area contributed by atoms with E-state index in [1.165, 1.54) is 19.4 Å². The largest absolute Gasteiger partial charge is 0.496 e. The molecule has 2 atom stereocenters. The van der Waals surface area contributed by atoms with Gasteiger partial charge in [-0.05, 0) is 30.4 Å². The number of alkyl halides is 3. The minimum atomic E-state index is -4.43. The molecule has 0 amide bonds. The maximum Gasteiger partial charge on any atom is 0.396 e. The van der Waals surface area contributed by atoms with Crippen molar-refractivity contribution in [3.05, 3.63) is 46.6 Å².